The summed E-state index contributed by atoms with van der Waals surface area (Å²) in [5.41, 5.74) is 5.06. The van der Waals surface area contributed by atoms with Gasteiger partial charge < -0.3 is 9.80 Å². The molecule has 2 saturated heterocycles. The monoisotopic (exact) mass is 416 g/mol. The largest absolute Gasteiger partial charge is 0.371 e. The Morgan fingerprint density at radius 3 is 2.48 bits per heavy atom. The maximum absolute atomic E-state index is 4.73. The molecule has 3 aromatic rings. The zero-order valence-electron chi connectivity index (χ0n) is 18.9. The molecular weight excluding hydrogens is 384 g/mol. The molecule has 0 atom stereocenters. The Labute approximate surface area is 184 Å². The lowest BCUT2D eigenvalue weighted by atomic mass is 9.84. The van der Waals surface area contributed by atoms with Crippen LogP contribution >= 0.6 is 0 Å². The van der Waals surface area contributed by atoms with E-state index >= 15 is 0 Å². The van der Waals surface area contributed by atoms with Gasteiger partial charge >= 0.3 is 0 Å². The van der Waals surface area contributed by atoms with Crippen LogP contribution in [0, 0.1) is 6.92 Å². The average Bonchev–Trinajstić information content (AvgIpc) is 3.15. The first-order chi connectivity index (χ1) is 15.0. The molecule has 0 saturated carbocycles. The minimum absolute atomic E-state index is 0.314. The van der Waals surface area contributed by atoms with Gasteiger partial charge in [-0.2, -0.15) is 0 Å². The topological polar surface area (TPSA) is 48.4 Å². The third kappa shape index (κ3) is 3.85. The van der Waals surface area contributed by atoms with Crippen LogP contribution in [0.25, 0.3) is 10.9 Å². The summed E-state index contributed by atoms with van der Waals surface area (Å²) in [6.07, 6.45) is 8.99. The number of hydrogen-bond acceptors (Lipinski definition) is 6. The molecule has 2 aliphatic heterocycles. The predicted octanol–water partition coefficient (Wildman–Crippen LogP) is 4.03. The molecule has 31 heavy (non-hydrogen) atoms. The van der Waals surface area contributed by atoms with Crippen molar-refractivity contribution in [3.05, 3.63) is 54.0 Å². The number of piperidine rings is 1. The number of anilines is 2. The number of nitrogens with zero attached hydrogens (tertiary/aromatic N) is 6. The smallest absolute Gasteiger partial charge is 0.224 e. The fourth-order valence-electron chi connectivity index (χ4n) is 5.40. The van der Waals surface area contributed by atoms with Gasteiger partial charge in [0.2, 0.25) is 5.95 Å². The average molecular weight is 417 g/mol. The summed E-state index contributed by atoms with van der Waals surface area (Å²) < 4.78 is 0. The standard InChI is InChI=1S/C25H32N6/c1-19-15-23(21-7-4-5-8-22(21)28-19)30-13-10-25(11-14-30)9-6-12-31(25)18-20-16-26-24(27-17-20)29(2)3/h4-5,7-8,15-17H,6,9-14,18H2,1-3H3. The second kappa shape index (κ2) is 8.08. The van der Waals surface area contributed by atoms with Gasteiger partial charge in [0.05, 0.1) is 5.52 Å². The Kier molecular flexibility index (Phi) is 5.26. The first-order valence-corrected chi connectivity index (χ1v) is 11.4. The van der Waals surface area contributed by atoms with Crippen LogP contribution in [0.1, 0.15) is 36.9 Å². The van der Waals surface area contributed by atoms with E-state index in [1.807, 2.05) is 31.4 Å². The van der Waals surface area contributed by atoms with Crippen LogP contribution in [-0.2, 0) is 6.54 Å². The zero-order valence-corrected chi connectivity index (χ0v) is 18.9. The van der Waals surface area contributed by atoms with E-state index in [1.165, 1.54) is 48.9 Å². The fourth-order valence-corrected chi connectivity index (χ4v) is 5.40. The van der Waals surface area contributed by atoms with E-state index in [0.29, 0.717) is 5.54 Å². The van der Waals surface area contributed by atoms with Crippen molar-refractivity contribution in [2.24, 2.45) is 0 Å². The summed E-state index contributed by atoms with van der Waals surface area (Å²) in [6, 6.07) is 10.8. The van der Waals surface area contributed by atoms with Gasteiger partial charge in [0.15, 0.2) is 0 Å². The van der Waals surface area contributed by atoms with Gasteiger partial charge in [-0.3, -0.25) is 9.88 Å². The number of aryl methyl sites for hydroxylation is 1. The van der Waals surface area contributed by atoms with Crippen LogP contribution in [0.5, 0.6) is 0 Å². The van der Waals surface area contributed by atoms with E-state index in [4.69, 9.17) is 4.98 Å². The van der Waals surface area contributed by atoms with Crippen molar-refractivity contribution in [1.82, 2.24) is 19.9 Å². The van der Waals surface area contributed by atoms with Crippen molar-refractivity contribution < 1.29 is 0 Å². The van der Waals surface area contributed by atoms with E-state index in [9.17, 15) is 0 Å². The molecule has 1 spiro atoms. The van der Waals surface area contributed by atoms with Crippen LogP contribution in [0.3, 0.4) is 0 Å². The summed E-state index contributed by atoms with van der Waals surface area (Å²) in [5.74, 6) is 0.771. The molecule has 162 valence electrons. The summed E-state index contributed by atoms with van der Waals surface area (Å²) in [5, 5.41) is 1.27. The zero-order chi connectivity index (χ0) is 21.4. The molecule has 6 nitrogen and oxygen atoms in total. The van der Waals surface area contributed by atoms with Crippen molar-refractivity contribution in [3.8, 4) is 0 Å². The van der Waals surface area contributed by atoms with Gasteiger partial charge in [0, 0.05) is 74.0 Å². The number of hydrogen-bond donors (Lipinski definition) is 0. The van der Waals surface area contributed by atoms with Crippen molar-refractivity contribution in [3.63, 3.8) is 0 Å². The predicted molar refractivity (Wildman–Crippen MR) is 127 cm³/mol. The number of para-hydroxylation sites is 1. The molecule has 0 N–H and O–H groups in total. The quantitative estimate of drug-likeness (QED) is 0.640. The molecule has 0 unspecified atom stereocenters. The normalized spacial score (nSPS) is 18.7. The van der Waals surface area contributed by atoms with Gasteiger partial charge in [-0.15, -0.1) is 0 Å². The number of aromatic nitrogens is 3. The highest BCUT2D eigenvalue weighted by molar-refractivity contribution is 5.92. The lowest BCUT2D eigenvalue weighted by molar-refractivity contribution is 0.0996. The molecule has 0 aliphatic carbocycles. The Morgan fingerprint density at radius 2 is 1.74 bits per heavy atom. The molecule has 2 aromatic heterocycles. The minimum Gasteiger partial charge on any atom is -0.371 e. The van der Waals surface area contributed by atoms with Crippen LogP contribution in [0.4, 0.5) is 11.6 Å². The molecule has 0 radical (unpaired) electrons. The summed E-state index contributed by atoms with van der Waals surface area (Å²) in [4.78, 5) is 21.0. The van der Waals surface area contributed by atoms with Crippen molar-refractivity contribution in [2.75, 3.05) is 43.5 Å². The first kappa shape index (κ1) is 20.2. The third-order valence-corrected chi connectivity index (χ3v) is 7.06. The van der Waals surface area contributed by atoms with Gasteiger partial charge in [-0.25, -0.2) is 9.97 Å². The van der Waals surface area contributed by atoms with Crippen molar-refractivity contribution in [1.29, 1.82) is 0 Å². The molecular formula is C25H32N6. The summed E-state index contributed by atoms with van der Waals surface area (Å²) >= 11 is 0. The van der Waals surface area contributed by atoms with Crippen LogP contribution in [0.15, 0.2) is 42.7 Å². The number of fused-ring (bicyclic) bond motifs is 1. The summed E-state index contributed by atoms with van der Waals surface area (Å²) in [6.45, 7) is 6.42. The maximum atomic E-state index is 4.73. The molecule has 2 fully saturated rings. The van der Waals surface area contributed by atoms with E-state index in [2.05, 4.69) is 57.0 Å². The molecule has 0 amide bonds. The Morgan fingerprint density at radius 1 is 1.00 bits per heavy atom. The highest BCUT2D eigenvalue weighted by Crippen LogP contribution is 2.41. The first-order valence-electron chi connectivity index (χ1n) is 11.4. The molecule has 5 rings (SSSR count). The number of likely N-dealkylation sites (tertiary alicyclic amines) is 1. The van der Waals surface area contributed by atoms with E-state index in [1.54, 1.807) is 0 Å². The second-order valence-electron chi connectivity index (χ2n) is 9.32. The van der Waals surface area contributed by atoms with Gasteiger partial charge in [-0.05, 0) is 51.3 Å². The van der Waals surface area contributed by atoms with E-state index in [0.717, 1.165) is 36.8 Å². The second-order valence-corrected chi connectivity index (χ2v) is 9.32. The van der Waals surface area contributed by atoms with E-state index in [-0.39, 0.29) is 0 Å². The molecule has 1 aromatic carbocycles. The van der Waals surface area contributed by atoms with Crippen molar-refractivity contribution in [2.45, 2.75) is 44.7 Å². The van der Waals surface area contributed by atoms with Crippen LogP contribution in [0.2, 0.25) is 0 Å². The Balaban J connectivity index is 1.32. The molecule has 4 heterocycles. The number of benzene rings is 1. The van der Waals surface area contributed by atoms with E-state index < -0.39 is 0 Å². The highest BCUT2D eigenvalue weighted by Gasteiger charge is 2.43. The Bertz CT molecular complexity index is 1050. The van der Waals surface area contributed by atoms with Crippen molar-refractivity contribution >= 4 is 22.5 Å². The van der Waals surface area contributed by atoms with Gasteiger partial charge in [0.1, 0.15) is 0 Å². The minimum atomic E-state index is 0.314. The van der Waals surface area contributed by atoms with Crippen LogP contribution < -0.4 is 9.80 Å². The molecule has 6 heteroatoms. The Hall–Kier alpha value is -2.73. The van der Waals surface area contributed by atoms with Crippen LogP contribution in [-0.4, -0.2) is 59.1 Å². The third-order valence-electron chi connectivity index (χ3n) is 7.06. The fraction of sp³-hybridized carbons (Fsp3) is 0.480. The lowest BCUT2D eigenvalue weighted by Gasteiger charge is -2.46. The van der Waals surface area contributed by atoms with Gasteiger partial charge in [0.25, 0.3) is 0 Å². The summed E-state index contributed by atoms with van der Waals surface area (Å²) in [7, 11) is 3.96. The maximum Gasteiger partial charge on any atom is 0.224 e. The molecule has 2 aliphatic rings. The SMILES string of the molecule is Cc1cc(N2CCC3(CCCN3Cc3cnc(N(C)C)nc3)CC2)c2ccccc2n1. The number of rotatable bonds is 4. The number of pyridine rings is 1. The van der Waals surface area contributed by atoms with Gasteiger partial charge in [-0.1, -0.05) is 18.2 Å². The lowest BCUT2D eigenvalue weighted by Crippen LogP contribution is -2.52. The highest BCUT2D eigenvalue weighted by atomic mass is 15.3. The molecule has 0 bridgehead atoms.